The van der Waals surface area contributed by atoms with Crippen molar-refractivity contribution in [2.24, 2.45) is 0 Å². The molecule has 0 bridgehead atoms. The van der Waals surface area contributed by atoms with E-state index in [1.54, 1.807) is 47.1 Å². The number of carbonyl (C=O) groups is 1. The van der Waals surface area contributed by atoms with Gasteiger partial charge in [0.15, 0.2) is 5.82 Å². The number of anilines is 3. The number of benzene rings is 2. The van der Waals surface area contributed by atoms with E-state index in [-0.39, 0.29) is 0 Å². The number of carbonyl (C=O) groups excluding carboxylic acids is 1. The van der Waals surface area contributed by atoms with Crippen molar-refractivity contribution in [2.75, 3.05) is 16.4 Å². The van der Waals surface area contributed by atoms with Crippen LogP contribution < -0.4 is 16.4 Å². The SMILES string of the molecule is N#Cc1cccc(NC(=O)Nc2ccc(-c3cccn4nnc(N)c34)cc2)c1. The Kier molecular flexibility index (Phi) is 4.32. The maximum Gasteiger partial charge on any atom is 0.323 e. The van der Waals surface area contributed by atoms with Crippen LogP contribution in [0.25, 0.3) is 16.6 Å². The molecule has 2 amide bonds. The number of nitrogens with one attached hydrogen (secondary N) is 2. The highest BCUT2D eigenvalue weighted by Gasteiger charge is 2.10. The van der Waals surface area contributed by atoms with E-state index in [1.165, 1.54) is 0 Å². The van der Waals surface area contributed by atoms with Crippen LogP contribution >= 0.6 is 0 Å². The molecular formula is C20H15N7O. The lowest BCUT2D eigenvalue weighted by Gasteiger charge is -2.09. The number of rotatable bonds is 3. The molecule has 0 saturated heterocycles. The van der Waals surface area contributed by atoms with Crippen LogP contribution in [0.1, 0.15) is 5.56 Å². The number of aromatic nitrogens is 3. The minimum Gasteiger partial charge on any atom is -0.380 e. The number of nitrogens with zero attached hydrogens (tertiary/aromatic N) is 4. The van der Waals surface area contributed by atoms with Crippen LogP contribution in [0.2, 0.25) is 0 Å². The fraction of sp³-hybridized carbons (Fsp3) is 0. The number of nitrogens with two attached hydrogens (primary N) is 1. The van der Waals surface area contributed by atoms with Gasteiger partial charge in [-0.05, 0) is 42.0 Å². The zero-order valence-corrected chi connectivity index (χ0v) is 14.6. The summed E-state index contributed by atoms with van der Waals surface area (Å²) in [7, 11) is 0. The Morgan fingerprint density at radius 3 is 2.61 bits per heavy atom. The zero-order chi connectivity index (χ0) is 19.5. The van der Waals surface area contributed by atoms with Crippen LogP contribution in [0.15, 0.2) is 66.9 Å². The molecule has 4 N–H and O–H groups in total. The molecule has 28 heavy (non-hydrogen) atoms. The van der Waals surface area contributed by atoms with E-state index >= 15 is 0 Å². The summed E-state index contributed by atoms with van der Waals surface area (Å²) in [5.41, 5.74) is 10.1. The summed E-state index contributed by atoms with van der Waals surface area (Å²) in [6, 6.07) is 19.5. The molecule has 2 heterocycles. The summed E-state index contributed by atoms with van der Waals surface area (Å²) < 4.78 is 1.62. The van der Waals surface area contributed by atoms with Crippen molar-refractivity contribution in [3.05, 3.63) is 72.4 Å². The van der Waals surface area contributed by atoms with E-state index in [2.05, 4.69) is 20.9 Å². The molecule has 4 rings (SSSR count). The molecule has 2 aromatic heterocycles. The Morgan fingerprint density at radius 2 is 1.82 bits per heavy atom. The molecule has 0 radical (unpaired) electrons. The van der Waals surface area contributed by atoms with E-state index < -0.39 is 6.03 Å². The first-order chi connectivity index (χ1) is 13.6. The van der Waals surface area contributed by atoms with Crippen molar-refractivity contribution < 1.29 is 4.79 Å². The topological polar surface area (TPSA) is 121 Å². The van der Waals surface area contributed by atoms with Crippen LogP contribution in [0.3, 0.4) is 0 Å². The number of hydrogen-bond acceptors (Lipinski definition) is 5. The molecule has 136 valence electrons. The van der Waals surface area contributed by atoms with E-state index in [0.29, 0.717) is 22.8 Å². The summed E-state index contributed by atoms with van der Waals surface area (Å²) in [5.74, 6) is 0.358. The average Bonchev–Trinajstić information content (AvgIpc) is 3.10. The smallest absolute Gasteiger partial charge is 0.323 e. The summed E-state index contributed by atoms with van der Waals surface area (Å²) in [6.07, 6.45) is 1.78. The lowest BCUT2D eigenvalue weighted by molar-refractivity contribution is 0.262. The molecule has 8 heteroatoms. The van der Waals surface area contributed by atoms with Gasteiger partial charge in [-0.25, -0.2) is 9.31 Å². The van der Waals surface area contributed by atoms with Crippen molar-refractivity contribution in [3.8, 4) is 17.2 Å². The van der Waals surface area contributed by atoms with Gasteiger partial charge in [0.05, 0.1) is 11.6 Å². The van der Waals surface area contributed by atoms with Crippen molar-refractivity contribution in [2.45, 2.75) is 0 Å². The lowest BCUT2D eigenvalue weighted by atomic mass is 10.1. The second-order valence-electron chi connectivity index (χ2n) is 6.04. The van der Waals surface area contributed by atoms with E-state index in [4.69, 9.17) is 11.0 Å². The number of hydrogen-bond donors (Lipinski definition) is 3. The second kappa shape index (κ2) is 7.09. The molecule has 0 aliphatic carbocycles. The number of pyridine rings is 1. The van der Waals surface area contributed by atoms with Crippen LogP contribution in [0.5, 0.6) is 0 Å². The Morgan fingerprint density at radius 1 is 1.04 bits per heavy atom. The summed E-state index contributed by atoms with van der Waals surface area (Å²) in [5, 5.41) is 22.3. The van der Waals surface area contributed by atoms with Gasteiger partial charge in [0.1, 0.15) is 5.52 Å². The molecule has 0 atom stereocenters. The molecule has 0 fully saturated rings. The Hall–Kier alpha value is -4.38. The molecular weight excluding hydrogens is 354 g/mol. The monoisotopic (exact) mass is 369 g/mol. The summed E-state index contributed by atoms with van der Waals surface area (Å²) >= 11 is 0. The van der Waals surface area contributed by atoms with Crippen molar-refractivity contribution in [1.82, 2.24) is 14.8 Å². The number of fused-ring (bicyclic) bond motifs is 1. The third-order valence-corrected chi connectivity index (χ3v) is 4.17. The molecule has 0 spiro atoms. The Labute approximate surface area is 160 Å². The zero-order valence-electron chi connectivity index (χ0n) is 14.6. The van der Waals surface area contributed by atoms with Crippen LogP contribution in [-0.4, -0.2) is 20.9 Å². The third kappa shape index (κ3) is 3.32. The highest BCUT2D eigenvalue weighted by molar-refractivity contribution is 6.00. The quantitative estimate of drug-likeness (QED) is 0.510. The van der Waals surface area contributed by atoms with Gasteiger partial charge < -0.3 is 16.4 Å². The molecule has 0 unspecified atom stereocenters. The summed E-state index contributed by atoms with van der Waals surface area (Å²) in [4.78, 5) is 12.2. The molecule has 2 aromatic carbocycles. The van der Waals surface area contributed by atoms with Crippen LogP contribution in [-0.2, 0) is 0 Å². The molecule has 8 nitrogen and oxygen atoms in total. The van der Waals surface area contributed by atoms with Gasteiger partial charge in [-0.1, -0.05) is 29.5 Å². The maximum absolute atomic E-state index is 12.2. The van der Waals surface area contributed by atoms with Crippen molar-refractivity contribution in [3.63, 3.8) is 0 Å². The minimum absolute atomic E-state index is 0.358. The Bertz CT molecular complexity index is 1210. The van der Waals surface area contributed by atoms with Crippen LogP contribution in [0, 0.1) is 11.3 Å². The van der Waals surface area contributed by atoms with Gasteiger partial charge >= 0.3 is 6.03 Å². The molecule has 0 saturated carbocycles. The second-order valence-corrected chi connectivity index (χ2v) is 6.04. The van der Waals surface area contributed by atoms with Gasteiger partial charge in [0.25, 0.3) is 0 Å². The first-order valence-electron chi connectivity index (χ1n) is 8.42. The number of urea groups is 1. The number of nitrogen functional groups attached to an aromatic ring is 1. The van der Waals surface area contributed by atoms with Gasteiger partial charge in [-0.2, -0.15) is 5.26 Å². The van der Waals surface area contributed by atoms with Crippen molar-refractivity contribution in [1.29, 1.82) is 5.26 Å². The standard InChI is InChI=1S/C20H15N7O/c21-12-13-3-1-4-16(11-13)24-20(28)23-15-8-6-14(7-9-15)17-5-2-10-27-18(17)19(22)25-26-27/h1-11H,22H2,(H2,23,24,28). The average molecular weight is 369 g/mol. The fourth-order valence-electron chi connectivity index (χ4n) is 2.90. The van der Waals surface area contributed by atoms with Crippen molar-refractivity contribution >= 4 is 28.7 Å². The van der Waals surface area contributed by atoms with Crippen LogP contribution in [0.4, 0.5) is 22.0 Å². The van der Waals surface area contributed by atoms with Gasteiger partial charge in [-0.3, -0.25) is 0 Å². The maximum atomic E-state index is 12.2. The first-order valence-corrected chi connectivity index (χ1v) is 8.42. The number of amides is 2. The van der Waals surface area contributed by atoms with E-state index in [0.717, 1.165) is 16.6 Å². The molecule has 0 aliphatic rings. The van der Waals surface area contributed by atoms with E-state index in [9.17, 15) is 4.79 Å². The molecule has 4 aromatic rings. The van der Waals surface area contributed by atoms with Gasteiger partial charge in [-0.15, -0.1) is 5.10 Å². The third-order valence-electron chi connectivity index (χ3n) is 4.17. The number of nitriles is 1. The highest BCUT2D eigenvalue weighted by Crippen LogP contribution is 2.28. The van der Waals surface area contributed by atoms with Gasteiger partial charge in [0, 0.05) is 23.1 Å². The van der Waals surface area contributed by atoms with E-state index in [1.807, 2.05) is 30.3 Å². The summed E-state index contributed by atoms with van der Waals surface area (Å²) in [6.45, 7) is 0. The predicted molar refractivity (Wildman–Crippen MR) is 107 cm³/mol. The normalized spacial score (nSPS) is 10.4. The first kappa shape index (κ1) is 17.1. The fourth-order valence-corrected chi connectivity index (χ4v) is 2.90. The largest absolute Gasteiger partial charge is 0.380 e. The molecule has 0 aliphatic heterocycles. The predicted octanol–water partition coefficient (Wildman–Crippen LogP) is 3.49. The Balaban J connectivity index is 1.51. The van der Waals surface area contributed by atoms with Gasteiger partial charge in [0.2, 0.25) is 0 Å². The highest BCUT2D eigenvalue weighted by atomic mass is 16.2. The minimum atomic E-state index is -0.394. The lowest BCUT2D eigenvalue weighted by Crippen LogP contribution is -2.19.